The fourth-order valence-corrected chi connectivity index (χ4v) is 2.48. The normalized spacial score (nSPS) is 19.9. The highest BCUT2D eigenvalue weighted by atomic mass is 19.1. The zero-order valence-corrected chi connectivity index (χ0v) is 10.5. The smallest absolute Gasteiger partial charge is 0.126 e. The van der Waals surface area contributed by atoms with E-state index in [2.05, 4.69) is 0 Å². The minimum absolute atomic E-state index is 0.285. The maximum absolute atomic E-state index is 13.2. The fraction of sp³-hybridized carbons (Fsp3) is 0.467. The largest absolute Gasteiger partial charge is 0.381 e. The van der Waals surface area contributed by atoms with Crippen LogP contribution in [0.1, 0.15) is 44.6 Å². The summed E-state index contributed by atoms with van der Waals surface area (Å²) >= 11 is 0. The molecular weight excluding hydrogens is 234 g/mol. The third-order valence-corrected chi connectivity index (χ3v) is 3.59. The van der Waals surface area contributed by atoms with E-state index in [0.717, 1.165) is 43.7 Å². The van der Waals surface area contributed by atoms with Crippen molar-refractivity contribution in [2.75, 3.05) is 0 Å². The predicted molar refractivity (Wildman–Crippen MR) is 67.1 cm³/mol. The number of aliphatic hydroxyl groups is 1. The lowest BCUT2D eigenvalue weighted by molar-refractivity contribution is 0.0924. The van der Waals surface area contributed by atoms with Crippen LogP contribution in [0.25, 0.3) is 0 Å². The van der Waals surface area contributed by atoms with Gasteiger partial charge in [0.1, 0.15) is 17.2 Å². The van der Waals surface area contributed by atoms with Crippen LogP contribution in [-0.4, -0.2) is 5.11 Å². The Morgan fingerprint density at radius 2 is 1.72 bits per heavy atom. The summed E-state index contributed by atoms with van der Waals surface area (Å²) in [5, 5.41) is 10.6. The molecule has 1 aliphatic carbocycles. The molecule has 0 bridgehead atoms. The molecule has 2 rings (SSSR count). The van der Waals surface area contributed by atoms with Gasteiger partial charge in [-0.1, -0.05) is 12.5 Å². The minimum Gasteiger partial charge on any atom is -0.381 e. The highest BCUT2D eigenvalue weighted by Gasteiger charge is 2.29. The van der Waals surface area contributed by atoms with Gasteiger partial charge in [0.05, 0.1) is 0 Å². The molecular formula is C15H18F2O. The third-order valence-electron chi connectivity index (χ3n) is 3.59. The van der Waals surface area contributed by atoms with Crippen molar-refractivity contribution in [2.24, 2.45) is 0 Å². The highest BCUT2D eigenvalue weighted by molar-refractivity contribution is 5.33. The summed E-state index contributed by atoms with van der Waals surface area (Å²) in [6, 6.07) is 3.23. The lowest BCUT2D eigenvalue weighted by atomic mass is 9.85. The molecule has 0 saturated carbocycles. The molecule has 0 radical (unpaired) electrons. The summed E-state index contributed by atoms with van der Waals surface area (Å²) in [6.45, 7) is 1.61. The third kappa shape index (κ3) is 2.78. The maximum atomic E-state index is 13.2. The first-order valence-corrected chi connectivity index (χ1v) is 6.38. The van der Waals surface area contributed by atoms with Crippen LogP contribution in [0.2, 0.25) is 0 Å². The van der Waals surface area contributed by atoms with Crippen molar-refractivity contribution in [2.45, 2.75) is 44.6 Å². The summed E-state index contributed by atoms with van der Waals surface area (Å²) < 4.78 is 26.5. The Morgan fingerprint density at radius 1 is 1.06 bits per heavy atom. The Morgan fingerprint density at radius 3 is 2.39 bits per heavy atom. The number of hydrogen-bond donors (Lipinski definition) is 1. The van der Waals surface area contributed by atoms with Crippen molar-refractivity contribution >= 4 is 0 Å². The van der Waals surface area contributed by atoms with Crippen LogP contribution in [0.4, 0.5) is 8.78 Å². The number of allylic oxidation sites excluding steroid dienone is 1. The number of hydrogen-bond acceptors (Lipinski definition) is 1. The van der Waals surface area contributed by atoms with E-state index < -0.39 is 17.2 Å². The first-order valence-electron chi connectivity index (χ1n) is 6.38. The summed E-state index contributed by atoms with van der Waals surface area (Å²) in [5.41, 5.74) is -0.133. The summed E-state index contributed by atoms with van der Waals surface area (Å²) in [5.74, 6) is -1.31. The topological polar surface area (TPSA) is 20.2 Å². The second kappa shape index (κ2) is 5.19. The molecule has 0 fully saturated rings. The minimum atomic E-state index is -1.28. The van der Waals surface area contributed by atoms with E-state index >= 15 is 0 Å². The van der Waals surface area contributed by atoms with E-state index in [1.165, 1.54) is 12.1 Å². The van der Waals surface area contributed by atoms with Gasteiger partial charge in [-0.2, -0.15) is 0 Å². The Bertz CT molecular complexity index is 443. The Hall–Kier alpha value is -1.22. The van der Waals surface area contributed by atoms with Gasteiger partial charge in [-0.15, -0.1) is 0 Å². The Balaban J connectivity index is 2.36. The van der Waals surface area contributed by atoms with Gasteiger partial charge in [0.15, 0.2) is 0 Å². The molecule has 3 heteroatoms. The highest BCUT2D eigenvalue weighted by Crippen LogP contribution is 2.35. The van der Waals surface area contributed by atoms with Crippen molar-refractivity contribution in [3.8, 4) is 0 Å². The van der Waals surface area contributed by atoms with Gasteiger partial charge in [0, 0.05) is 6.07 Å². The molecule has 0 aromatic heterocycles. The van der Waals surface area contributed by atoms with Crippen LogP contribution < -0.4 is 0 Å². The van der Waals surface area contributed by atoms with Crippen LogP contribution in [0, 0.1) is 11.6 Å². The molecule has 18 heavy (non-hydrogen) atoms. The van der Waals surface area contributed by atoms with E-state index in [4.69, 9.17) is 0 Å². The predicted octanol–water partition coefficient (Wildman–Crippen LogP) is 4.06. The summed E-state index contributed by atoms with van der Waals surface area (Å²) in [4.78, 5) is 0. The zero-order valence-electron chi connectivity index (χ0n) is 10.5. The molecule has 0 amide bonds. The maximum Gasteiger partial charge on any atom is 0.126 e. The van der Waals surface area contributed by atoms with E-state index in [0.29, 0.717) is 0 Å². The van der Waals surface area contributed by atoms with Crippen LogP contribution in [0.5, 0.6) is 0 Å². The molecule has 0 saturated heterocycles. The van der Waals surface area contributed by atoms with Gasteiger partial charge in [-0.25, -0.2) is 8.78 Å². The molecule has 1 atom stereocenters. The number of rotatable bonds is 2. The second-order valence-electron chi connectivity index (χ2n) is 5.06. The monoisotopic (exact) mass is 252 g/mol. The molecule has 1 unspecified atom stereocenters. The van der Waals surface area contributed by atoms with Crippen molar-refractivity contribution < 1.29 is 13.9 Å². The van der Waals surface area contributed by atoms with Gasteiger partial charge in [0.25, 0.3) is 0 Å². The second-order valence-corrected chi connectivity index (χ2v) is 5.06. The SMILES string of the molecule is CC(O)(C1=CCCCCC1)c1cc(F)cc(F)c1. The fourth-order valence-electron chi connectivity index (χ4n) is 2.48. The molecule has 1 nitrogen and oxygen atoms in total. The van der Waals surface area contributed by atoms with Crippen LogP contribution in [-0.2, 0) is 5.60 Å². The van der Waals surface area contributed by atoms with Crippen molar-refractivity contribution in [1.82, 2.24) is 0 Å². The van der Waals surface area contributed by atoms with E-state index in [1.807, 2.05) is 6.08 Å². The first kappa shape index (κ1) is 13.2. The standard InChI is InChI=1S/C15H18F2O/c1-15(18,11-6-4-2-3-5-7-11)12-8-13(16)10-14(17)9-12/h6,8-10,18H,2-5,7H2,1H3. The van der Waals surface area contributed by atoms with Crippen LogP contribution >= 0.6 is 0 Å². The molecule has 98 valence electrons. The van der Waals surface area contributed by atoms with Gasteiger partial charge in [-0.05, 0) is 55.9 Å². The summed E-state index contributed by atoms with van der Waals surface area (Å²) in [6.07, 6.45) is 6.97. The van der Waals surface area contributed by atoms with Crippen LogP contribution in [0.3, 0.4) is 0 Å². The average Bonchev–Trinajstić information content (AvgIpc) is 2.56. The molecule has 0 aliphatic heterocycles. The van der Waals surface area contributed by atoms with Crippen LogP contribution in [0.15, 0.2) is 29.8 Å². The van der Waals surface area contributed by atoms with Gasteiger partial charge >= 0.3 is 0 Å². The Labute approximate surface area is 106 Å². The average molecular weight is 252 g/mol. The molecule has 1 aromatic carbocycles. The molecule has 1 N–H and O–H groups in total. The molecule has 0 spiro atoms. The molecule has 1 aliphatic rings. The lowest BCUT2D eigenvalue weighted by Crippen LogP contribution is -2.24. The molecule has 0 heterocycles. The number of benzene rings is 1. The van der Waals surface area contributed by atoms with Crippen molar-refractivity contribution in [1.29, 1.82) is 0 Å². The summed E-state index contributed by atoms with van der Waals surface area (Å²) in [7, 11) is 0. The first-order chi connectivity index (χ1) is 8.50. The van der Waals surface area contributed by atoms with E-state index in [-0.39, 0.29) is 5.56 Å². The molecule has 1 aromatic rings. The van der Waals surface area contributed by atoms with E-state index in [1.54, 1.807) is 6.92 Å². The Kier molecular flexibility index (Phi) is 3.81. The van der Waals surface area contributed by atoms with E-state index in [9.17, 15) is 13.9 Å². The van der Waals surface area contributed by atoms with Gasteiger partial charge in [0.2, 0.25) is 0 Å². The van der Waals surface area contributed by atoms with Crippen molar-refractivity contribution in [3.63, 3.8) is 0 Å². The number of halogens is 2. The van der Waals surface area contributed by atoms with Gasteiger partial charge < -0.3 is 5.11 Å². The van der Waals surface area contributed by atoms with Gasteiger partial charge in [-0.3, -0.25) is 0 Å². The van der Waals surface area contributed by atoms with Crippen molar-refractivity contribution in [3.05, 3.63) is 47.0 Å². The quantitative estimate of drug-likeness (QED) is 0.787. The zero-order chi connectivity index (χ0) is 13.2. The lowest BCUT2D eigenvalue weighted by Gasteiger charge is -2.27.